The van der Waals surface area contributed by atoms with Crippen LogP contribution in [0.1, 0.15) is 23.7 Å². The second-order valence-corrected chi connectivity index (χ2v) is 6.76. The summed E-state index contributed by atoms with van der Waals surface area (Å²) < 4.78 is 47.1. The first-order valence-corrected chi connectivity index (χ1v) is 9.22. The molecule has 0 aliphatic carbocycles. The molecule has 4 aromatic rings. The van der Waals surface area contributed by atoms with E-state index in [9.17, 15) is 13.2 Å². The summed E-state index contributed by atoms with van der Waals surface area (Å²) in [7, 11) is 0. The van der Waals surface area contributed by atoms with Crippen molar-refractivity contribution in [2.75, 3.05) is 0 Å². The molecule has 7 nitrogen and oxygen atoms in total. The molecule has 0 bridgehead atoms. The lowest BCUT2D eigenvalue weighted by Gasteiger charge is -2.15. The average Bonchev–Trinajstić information content (AvgIpc) is 3.08. The number of aryl methyl sites for hydroxylation is 2. The summed E-state index contributed by atoms with van der Waals surface area (Å²) >= 11 is 5.98. The van der Waals surface area contributed by atoms with E-state index in [1.165, 1.54) is 16.9 Å². The van der Waals surface area contributed by atoms with E-state index in [1.54, 1.807) is 19.2 Å². The zero-order chi connectivity index (χ0) is 21.5. The normalized spacial score (nSPS) is 11.8. The van der Waals surface area contributed by atoms with Crippen LogP contribution in [0.3, 0.4) is 0 Å². The molecule has 11 heteroatoms. The van der Waals surface area contributed by atoms with Crippen molar-refractivity contribution in [1.82, 2.24) is 29.8 Å². The van der Waals surface area contributed by atoms with Gasteiger partial charge in [-0.15, -0.1) is 15.3 Å². The van der Waals surface area contributed by atoms with Crippen molar-refractivity contribution in [2.45, 2.75) is 26.4 Å². The van der Waals surface area contributed by atoms with Crippen LogP contribution >= 0.6 is 11.6 Å². The molecular formula is C19H14ClF3N6O. The fourth-order valence-corrected chi connectivity index (χ4v) is 3.16. The van der Waals surface area contributed by atoms with E-state index in [0.29, 0.717) is 34.5 Å². The molecule has 0 unspecified atom stereocenters. The quantitative estimate of drug-likeness (QED) is 0.454. The number of hydrogen-bond acceptors (Lipinski definition) is 6. The van der Waals surface area contributed by atoms with Gasteiger partial charge < -0.3 is 4.74 Å². The third kappa shape index (κ3) is 3.65. The van der Waals surface area contributed by atoms with Gasteiger partial charge >= 0.3 is 6.18 Å². The smallest absolute Gasteiger partial charge is 0.416 e. The molecule has 3 heterocycles. The van der Waals surface area contributed by atoms with E-state index in [1.807, 2.05) is 6.92 Å². The van der Waals surface area contributed by atoms with Crippen molar-refractivity contribution in [3.05, 3.63) is 58.9 Å². The Bertz CT molecular complexity index is 1240. The first kappa shape index (κ1) is 20.0. The van der Waals surface area contributed by atoms with Crippen molar-refractivity contribution in [1.29, 1.82) is 0 Å². The van der Waals surface area contributed by atoms with Gasteiger partial charge in [-0.05, 0) is 43.1 Å². The van der Waals surface area contributed by atoms with Gasteiger partial charge in [-0.1, -0.05) is 6.92 Å². The summed E-state index contributed by atoms with van der Waals surface area (Å²) in [6, 6.07) is 4.81. The number of halogens is 4. The summed E-state index contributed by atoms with van der Waals surface area (Å²) in [5.41, 5.74) is 1.87. The number of rotatable bonds is 4. The molecule has 0 fully saturated rings. The van der Waals surface area contributed by atoms with Gasteiger partial charge in [-0.2, -0.15) is 17.7 Å². The molecular weight excluding hydrogens is 421 g/mol. The fraction of sp³-hybridized carbons (Fsp3) is 0.211. The fourth-order valence-electron chi connectivity index (χ4n) is 3.00. The molecule has 1 aromatic carbocycles. The number of fused-ring (bicyclic) bond motifs is 1. The zero-order valence-corrected chi connectivity index (χ0v) is 16.5. The van der Waals surface area contributed by atoms with Gasteiger partial charge in [0.1, 0.15) is 12.1 Å². The zero-order valence-electron chi connectivity index (χ0n) is 15.8. The molecule has 0 saturated carbocycles. The molecule has 0 aliphatic heterocycles. The van der Waals surface area contributed by atoms with Crippen molar-refractivity contribution < 1.29 is 17.9 Å². The number of alkyl halides is 3. The van der Waals surface area contributed by atoms with Gasteiger partial charge in [-0.25, -0.2) is 9.97 Å². The molecule has 0 N–H and O–H groups in total. The third-order valence-electron chi connectivity index (χ3n) is 4.44. The minimum absolute atomic E-state index is 0.00699. The van der Waals surface area contributed by atoms with Crippen LogP contribution in [-0.2, 0) is 12.6 Å². The molecule has 0 aliphatic rings. The van der Waals surface area contributed by atoms with E-state index in [0.717, 1.165) is 12.1 Å². The molecule has 154 valence electrons. The van der Waals surface area contributed by atoms with Gasteiger partial charge in [0.05, 0.1) is 11.3 Å². The van der Waals surface area contributed by atoms with Gasteiger partial charge in [0.25, 0.3) is 0 Å². The predicted molar refractivity (Wildman–Crippen MR) is 102 cm³/mol. The third-order valence-corrected chi connectivity index (χ3v) is 4.67. The van der Waals surface area contributed by atoms with Crippen LogP contribution in [0.25, 0.3) is 16.8 Å². The molecule has 3 aromatic heterocycles. The standard InChI is InChI=1S/C19H14ClF3N6O/c1-3-14-13(8-24-9-25-14)12-5-4-11(19(21,22)23)7-15(12)30-16-6-10(2)17-26-27-18(20)29(17)28-16/h4-9H,3H2,1-2H3. The maximum Gasteiger partial charge on any atom is 0.416 e. The molecule has 0 spiro atoms. The van der Waals surface area contributed by atoms with E-state index in [4.69, 9.17) is 16.3 Å². The van der Waals surface area contributed by atoms with Gasteiger partial charge in [0.2, 0.25) is 11.2 Å². The minimum atomic E-state index is -4.54. The SMILES string of the molecule is CCc1ncncc1-c1ccc(C(F)(F)F)cc1Oc1cc(C)c2nnc(Cl)n2n1. The molecule has 4 rings (SSSR count). The summed E-state index contributed by atoms with van der Waals surface area (Å²) in [6.45, 7) is 3.63. The maximum atomic E-state index is 13.3. The second kappa shape index (κ2) is 7.52. The van der Waals surface area contributed by atoms with Crippen LogP contribution in [0.4, 0.5) is 13.2 Å². The summed E-state index contributed by atoms with van der Waals surface area (Å²) in [5, 5.41) is 11.8. The lowest BCUT2D eigenvalue weighted by Crippen LogP contribution is -2.06. The Morgan fingerprint density at radius 2 is 1.93 bits per heavy atom. The van der Waals surface area contributed by atoms with Gasteiger partial charge in [-0.3, -0.25) is 0 Å². The topological polar surface area (TPSA) is 78.1 Å². The largest absolute Gasteiger partial charge is 0.437 e. The van der Waals surface area contributed by atoms with E-state index >= 15 is 0 Å². The average molecular weight is 435 g/mol. The van der Waals surface area contributed by atoms with E-state index in [-0.39, 0.29) is 16.9 Å². The Labute approximate surface area is 173 Å². The van der Waals surface area contributed by atoms with Crippen LogP contribution in [0, 0.1) is 6.92 Å². The Hall–Kier alpha value is -3.27. The maximum absolute atomic E-state index is 13.3. The van der Waals surface area contributed by atoms with Crippen LogP contribution < -0.4 is 4.74 Å². The first-order valence-electron chi connectivity index (χ1n) is 8.85. The Balaban J connectivity index is 1.88. The predicted octanol–water partition coefficient (Wildman–Crippen LogP) is 4.92. The molecule has 30 heavy (non-hydrogen) atoms. The van der Waals surface area contributed by atoms with Gasteiger partial charge in [0, 0.05) is 29.0 Å². The lowest BCUT2D eigenvalue weighted by molar-refractivity contribution is -0.137. The highest BCUT2D eigenvalue weighted by atomic mass is 35.5. The van der Waals surface area contributed by atoms with E-state index < -0.39 is 11.7 Å². The summed E-state index contributed by atoms with van der Waals surface area (Å²) in [4.78, 5) is 8.22. The van der Waals surface area contributed by atoms with Crippen LogP contribution in [0.15, 0.2) is 36.8 Å². The minimum Gasteiger partial charge on any atom is -0.437 e. The van der Waals surface area contributed by atoms with Crippen LogP contribution in [-0.4, -0.2) is 29.8 Å². The highest BCUT2D eigenvalue weighted by molar-refractivity contribution is 6.28. The lowest BCUT2D eigenvalue weighted by atomic mass is 10.0. The molecule has 0 radical (unpaired) electrons. The second-order valence-electron chi connectivity index (χ2n) is 6.42. The number of benzene rings is 1. The van der Waals surface area contributed by atoms with Crippen molar-refractivity contribution >= 4 is 17.2 Å². The molecule has 0 amide bonds. The monoisotopic (exact) mass is 434 g/mol. The highest BCUT2D eigenvalue weighted by Gasteiger charge is 2.32. The summed E-state index contributed by atoms with van der Waals surface area (Å²) in [5.74, 6) is 0.00180. The Morgan fingerprint density at radius 1 is 1.13 bits per heavy atom. The Kier molecular flexibility index (Phi) is 5.02. The van der Waals surface area contributed by atoms with Gasteiger partial charge in [0.15, 0.2) is 5.65 Å². The van der Waals surface area contributed by atoms with Crippen molar-refractivity contribution in [3.8, 4) is 22.8 Å². The first-order chi connectivity index (χ1) is 14.3. The van der Waals surface area contributed by atoms with Crippen LogP contribution in [0.2, 0.25) is 5.28 Å². The van der Waals surface area contributed by atoms with E-state index in [2.05, 4.69) is 25.3 Å². The number of hydrogen-bond donors (Lipinski definition) is 0. The number of aromatic nitrogens is 6. The van der Waals surface area contributed by atoms with Crippen molar-refractivity contribution in [2.24, 2.45) is 0 Å². The van der Waals surface area contributed by atoms with Crippen molar-refractivity contribution in [3.63, 3.8) is 0 Å². The summed E-state index contributed by atoms with van der Waals surface area (Å²) in [6.07, 6.45) is -1.04. The number of ether oxygens (including phenoxy) is 1. The number of nitrogens with zero attached hydrogens (tertiary/aromatic N) is 6. The highest BCUT2D eigenvalue weighted by Crippen LogP contribution is 2.39. The molecule has 0 atom stereocenters. The Morgan fingerprint density at radius 3 is 2.67 bits per heavy atom. The van der Waals surface area contributed by atoms with Crippen LogP contribution in [0.5, 0.6) is 11.6 Å². The molecule has 0 saturated heterocycles.